The summed E-state index contributed by atoms with van der Waals surface area (Å²) in [6.45, 7) is 0. The fraction of sp³-hybridized carbons (Fsp3) is 0. The molecule has 1 heterocycles. The molecule has 0 saturated carbocycles. The number of aromatic nitrogens is 3. The summed E-state index contributed by atoms with van der Waals surface area (Å²) in [5.74, 6) is 0.0323. The molecule has 2 aromatic rings. The van der Waals surface area contributed by atoms with Crippen LogP contribution in [0.1, 0.15) is 0 Å². The number of nitro groups is 1. The second-order valence-electron chi connectivity index (χ2n) is 3.06. The van der Waals surface area contributed by atoms with Gasteiger partial charge in [-0.1, -0.05) is 0 Å². The largest absolute Gasteiger partial charge is 0.479 e. The molecule has 0 saturated heterocycles. The van der Waals surface area contributed by atoms with Crippen molar-refractivity contribution >= 4 is 5.69 Å². The third kappa shape index (κ3) is 2.25. The standard InChI is InChI=1S/C9H6N4O4/c14-8-10-7(11-9(15)12-8)5-1-3-6(4-2-5)13(16)17/h1-4H,(H2,10,11,12,14,15). The van der Waals surface area contributed by atoms with Gasteiger partial charge in [-0.3, -0.25) is 10.1 Å². The quantitative estimate of drug-likeness (QED) is 0.583. The van der Waals surface area contributed by atoms with Gasteiger partial charge in [0.15, 0.2) is 5.82 Å². The normalized spacial score (nSPS) is 10.1. The molecule has 86 valence electrons. The summed E-state index contributed by atoms with van der Waals surface area (Å²) in [7, 11) is 0. The number of benzene rings is 1. The van der Waals surface area contributed by atoms with Crippen LogP contribution >= 0.6 is 0 Å². The molecule has 8 nitrogen and oxygen atoms in total. The van der Waals surface area contributed by atoms with Crippen LogP contribution in [0.3, 0.4) is 0 Å². The van der Waals surface area contributed by atoms with Gasteiger partial charge in [-0.25, -0.2) is 0 Å². The summed E-state index contributed by atoms with van der Waals surface area (Å²) in [5.41, 5.74) is 0.347. The number of hydrogen-bond acceptors (Lipinski definition) is 7. The molecule has 0 radical (unpaired) electrons. The SMILES string of the molecule is O=[N+]([O-])c1ccc(-c2nc(O)nc(O)n2)cc1. The zero-order valence-electron chi connectivity index (χ0n) is 8.31. The molecule has 1 aromatic heterocycles. The van der Waals surface area contributed by atoms with Gasteiger partial charge in [-0.2, -0.15) is 9.97 Å². The van der Waals surface area contributed by atoms with E-state index in [9.17, 15) is 10.1 Å². The van der Waals surface area contributed by atoms with Crippen LogP contribution < -0.4 is 0 Å². The van der Waals surface area contributed by atoms with Crippen LogP contribution in [0.2, 0.25) is 0 Å². The number of nitrogens with zero attached hydrogens (tertiary/aromatic N) is 4. The monoisotopic (exact) mass is 234 g/mol. The topological polar surface area (TPSA) is 122 Å². The lowest BCUT2D eigenvalue weighted by Crippen LogP contribution is -1.93. The Hall–Kier alpha value is -2.77. The minimum Gasteiger partial charge on any atom is -0.479 e. The molecule has 0 aliphatic heterocycles. The Morgan fingerprint density at radius 3 is 2.00 bits per heavy atom. The van der Waals surface area contributed by atoms with Crippen molar-refractivity contribution in [2.24, 2.45) is 0 Å². The van der Waals surface area contributed by atoms with Gasteiger partial charge in [-0.15, -0.1) is 4.98 Å². The van der Waals surface area contributed by atoms with Gasteiger partial charge < -0.3 is 10.2 Å². The number of non-ortho nitro benzene ring substituents is 1. The van der Waals surface area contributed by atoms with Gasteiger partial charge >= 0.3 is 12.0 Å². The summed E-state index contributed by atoms with van der Waals surface area (Å²) >= 11 is 0. The molecule has 2 N–H and O–H groups in total. The van der Waals surface area contributed by atoms with Crippen molar-refractivity contribution in [1.29, 1.82) is 0 Å². The summed E-state index contributed by atoms with van der Waals surface area (Å²) < 4.78 is 0. The third-order valence-corrected chi connectivity index (χ3v) is 1.95. The maximum Gasteiger partial charge on any atom is 0.320 e. The van der Waals surface area contributed by atoms with Gasteiger partial charge in [0.05, 0.1) is 4.92 Å². The fourth-order valence-corrected chi connectivity index (χ4v) is 1.22. The molecular weight excluding hydrogens is 228 g/mol. The molecule has 0 amide bonds. The van der Waals surface area contributed by atoms with Gasteiger partial charge in [0, 0.05) is 17.7 Å². The second kappa shape index (κ2) is 4.00. The van der Waals surface area contributed by atoms with Crippen molar-refractivity contribution in [3.05, 3.63) is 34.4 Å². The third-order valence-electron chi connectivity index (χ3n) is 1.95. The first-order valence-corrected chi connectivity index (χ1v) is 4.45. The summed E-state index contributed by atoms with van der Waals surface area (Å²) in [5, 5.41) is 28.6. The molecule has 0 atom stereocenters. The molecule has 0 aliphatic carbocycles. The van der Waals surface area contributed by atoms with Crippen molar-refractivity contribution in [1.82, 2.24) is 15.0 Å². The van der Waals surface area contributed by atoms with Crippen LogP contribution in [0.4, 0.5) is 5.69 Å². The minimum absolute atomic E-state index is 0.0323. The molecule has 1 aromatic carbocycles. The fourth-order valence-electron chi connectivity index (χ4n) is 1.22. The van der Waals surface area contributed by atoms with Gasteiger partial charge in [0.25, 0.3) is 5.69 Å². The highest BCUT2D eigenvalue weighted by atomic mass is 16.6. The van der Waals surface area contributed by atoms with E-state index in [2.05, 4.69) is 15.0 Å². The van der Waals surface area contributed by atoms with Crippen LogP contribution in [-0.4, -0.2) is 30.1 Å². The Bertz CT molecular complexity index is 549. The van der Waals surface area contributed by atoms with E-state index in [0.717, 1.165) is 0 Å². The molecular formula is C9H6N4O4. The van der Waals surface area contributed by atoms with Crippen LogP contribution in [0.15, 0.2) is 24.3 Å². The number of nitro benzene ring substituents is 1. The zero-order chi connectivity index (χ0) is 12.4. The molecule has 8 heteroatoms. The van der Waals surface area contributed by atoms with E-state index in [1.807, 2.05) is 0 Å². The lowest BCUT2D eigenvalue weighted by Gasteiger charge is -2.00. The Morgan fingerprint density at radius 2 is 1.53 bits per heavy atom. The molecule has 0 aliphatic rings. The number of aromatic hydroxyl groups is 2. The van der Waals surface area contributed by atoms with Crippen molar-refractivity contribution in [2.75, 3.05) is 0 Å². The first-order chi connectivity index (χ1) is 8.06. The average molecular weight is 234 g/mol. The molecule has 2 rings (SSSR count). The van der Waals surface area contributed by atoms with E-state index in [0.29, 0.717) is 5.56 Å². The van der Waals surface area contributed by atoms with Gasteiger partial charge in [-0.05, 0) is 12.1 Å². The Morgan fingerprint density at radius 1 is 1.00 bits per heavy atom. The van der Waals surface area contributed by atoms with Crippen molar-refractivity contribution in [3.8, 4) is 23.4 Å². The second-order valence-corrected chi connectivity index (χ2v) is 3.06. The lowest BCUT2D eigenvalue weighted by molar-refractivity contribution is -0.384. The van der Waals surface area contributed by atoms with E-state index in [1.165, 1.54) is 24.3 Å². The maximum absolute atomic E-state index is 10.4. The Kier molecular flexibility index (Phi) is 2.53. The van der Waals surface area contributed by atoms with Gasteiger partial charge in [0.1, 0.15) is 0 Å². The van der Waals surface area contributed by atoms with Crippen molar-refractivity contribution < 1.29 is 15.1 Å². The van der Waals surface area contributed by atoms with Crippen LogP contribution in [0.25, 0.3) is 11.4 Å². The molecule has 0 bridgehead atoms. The maximum atomic E-state index is 10.4. The van der Waals surface area contributed by atoms with E-state index < -0.39 is 16.9 Å². The van der Waals surface area contributed by atoms with E-state index in [4.69, 9.17) is 10.2 Å². The zero-order valence-corrected chi connectivity index (χ0v) is 8.31. The summed E-state index contributed by atoms with van der Waals surface area (Å²) in [4.78, 5) is 20.3. The molecule has 0 unspecified atom stereocenters. The minimum atomic E-state index is -0.620. The first-order valence-electron chi connectivity index (χ1n) is 4.45. The predicted octanol–water partition coefficient (Wildman–Crippen LogP) is 0.858. The average Bonchev–Trinajstić information content (AvgIpc) is 2.28. The molecule has 0 spiro atoms. The predicted molar refractivity (Wildman–Crippen MR) is 55.2 cm³/mol. The highest BCUT2D eigenvalue weighted by molar-refractivity contribution is 5.57. The van der Waals surface area contributed by atoms with Crippen LogP contribution in [0, 0.1) is 10.1 Å². The Labute approximate surface area is 94.4 Å². The van der Waals surface area contributed by atoms with Crippen molar-refractivity contribution in [2.45, 2.75) is 0 Å². The van der Waals surface area contributed by atoms with Crippen LogP contribution in [-0.2, 0) is 0 Å². The summed E-state index contributed by atoms with van der Waals surface area (Å²) in [6.07, 6.45) is 0. The lowest BCUT2D eigenvalue weighted by atomic mass is 10.2. The smallest absolute Gasteiger partial charge is 0.320 e. The van der Waals surface area contributed by atoms with E-state index in [-0.39, 0.29) is 11.5 Å². The van der Waals surface area contributed by atoms with Gasteiger partial charge in [0.2, 0.25) is 0 Å². The molecule has 0 fully saturated rings. The number of rotatable bonds is 2. The van der Waals surface area contributed by atoms with Crippen molar-refractivity contribution in [3.63, 3.8) is 0 Å². The van der Waals surface area contributed by atoms with E-state index >= 15 is 0 Å². The Balaban J connectivity index is 2.43. The highest BCUT2D eigenvalue weighted by Crippen LogP contribution is 2.21. The molecule has 17 heavy (non-hydrogen) atoms. The summed E-state index contributed by atoms with van der Waals surface area (Å²) in [6, 6.07) is 4.12. The van der Waals surface area contributed by atoms with Crippen LogP contribution in [0.5, 0.6) is 12.0 Å². The number of hydrogen-bond donors (Lipinski definition) is 2. The first kappa shape index (κ1) is 10.7. The van der Waals surface area contributed by atoms with E-state index in [1.54, 1.807) is 0 Å². The highest BCUT2D eigenvalue weighted by Gasteiger charge is 2.09.